The van der Waals surface area contributed by atoms with Gasteiger partial charge in [-0.05, 0) is 55.3 Å². The van der Waals surface area contributed by atoms with Crippen molar-refractivity contribution in [3.8, 4) is 0 Å². The topological polar surface area (TPSA) is 12.0 Å². The predicted molar refractivity (Wildman–Crippen MR) is 74.4 cm³/mol. The zero-order valence-corrected chi connectivity index (χ0v) is 11.3. The number of aryl methyl sites for hydroxylation is 1. The van der Waals surface area contributed by atoms with Gasteiger partial charge >= 0.3 is 0 Å². The summed E-state index contributed by atoms with van der Waals surface area (Å²) in [5, 5.41) is 3.67. The lowest BCUT2D eigenvalue weighted by Gasteiger charge is -2.14. The maximum Gasteiger partial charge on any atom is 0.0326 e. The number of nitrogens with one attached hydrogen (secondary N) is 1. The number of hydrogen-bond donors (Lipinski definition) is 1. The van der Waals surface area contributed by atoms with Crippen molar-refractivity contribution in [3.63, 3.8) is 0 Å². The van der Waals surface area contributed by atoms with Crippen LogP contribution in [0.3, 0.4) is 0 Å². The number of fused-ring (bicyclic) bond motifs is 1. The summed E-state index contributed by atoms with van der Waals surface area (Å²) in [6.45, 7) is 5.65. The van der Waals surface area contributed by atoms with Crippen molar-refractivity contribution in [1.82, 2.24) is 5.32 Å². The second-order valence-electron chi connectivity index (χ2n) is 5.13. The molecule has 1 aromatic rings. The summed E-state index contributed by atoms with van der Waals surface area (Å²) < 4.78 is 0. The van der Waals surface area contributed by atoms with E-state index in [1.807, 2.05) is 0 Å². The lowest BCUT2D eigenvalue weighted by molar-refractivity contribution is 0.529. The monoisotopic (exact) mass is 231 g/mol. The first-order valence-corrected chi connectivity index (χ1v) is 7.20. The third kappa shape index (κ3) is 2.90. The molecular weight excluding hydrogens is 206 g/mol. The lowest BCUT2D eigenvalue weighted by Crippen LogP contribution is -2.19. The largest absolute Gasteiger partial charge is 0.310 e. The molecule has 1 unspecified atom stereocenters. The van der Waals surface area contributed by atoms with E-state index in [2.05, 4.69) is 37.4 Å². The van der Waals surface area contributed by atoms with Crippen LogP contribution >= 0.6 is 0 Å². The SMILES string of the molecule is CCCCc1cccc2c1CCC2NCCC. The predicted octanol–water partition coefficient (Wildman–Crippen LogP) is 4.02. The van der Waals surface area contributed by atoms with Crippen molar-refractivity contribution in [2.45, 2.75) is 58.4 Å². The Kier molecular flexibility index (Phi) is 4.61. The van der Waals surface area contributed by atoms with E-state index in [1.165, 1.54) is 38.5 Å². The standard InChI is InChI=1S/C16H25N/c1-3-5-7-13-8-6-9-15-14(13)10-11-16(15)17-12-4-2/h6,8-9,16-17H,3-5,7,10-12H2,1-2H3. The van der Waals surface area contributed by atoms with E-state index in [9.17, 15) is 0 Å². The first-order chi connectivity index (χ1) is 8.36. The van der Waals surface area contributed by atoms with E-state index in [0.717, 1.165) is 6.54 Å². The van der Waals surface area contributed by atoms with Crippen LogP contribution in [0.5, 0.6) is 0 Å². The van der Waals surface area contributed by atoms with Crippen LogP contribution in [0.25, 0.3) is 0 Å². The Hall–Kier alpha value is -0.820. The molecule has 94 valence electrons. The summed E-state index contributed by atoms with van der Waals surface area (Å²) in [7, 11) is 0. The fourth-order valence-electron chi connectivity index (χ4n) is 2.86. The molecule has 2 rings (SSSR count). The van der Waals surface area contributed by atoms with Crippen LogP contribution in [0.1, 0.15) is 62.3 Å². The van der Waals surface area contributed by atoms with E-state index in [-0.39, 0.29) is 0 Å². The van der Waals surface area contributed by atoms with Crippen LogP contribution in [-0.2, 0) is 12.8 Å². The van der Waals surface area contributed by atoms with Crippen molar-refractivity contribution in [3.05, 3.63) is 34.9 Å². The van der Waals surface area contributed by atoms with Crippen LogP contribution in [0.4, 0.5) is 0 Å². The highest BCUT2D eigenvalue weighted by Gasteiger charge is 2.23. The molecule has 1 aliphatic rings. The molecule has 1 atom stereocenters. The highest BCUT2D eigenvalue weighted by Crippen LogP contribution is 2.33. The molecule has 1 N–H and O–H groups in total. The second kappa shape index (κ2) is 6.20. The van der Waals surface area contributed by atoms with Crippen molar-refractivity contribution in [2.24, 2.45) is 0 Å². The molecule has 0 aliphatic heterocycles. The van der Waals surface area contributed by atoms with Gasteiger partial charge in [-0.3, -0.25) is 0 Å². The van der Waals surface area contributed by atoms with Crippen molar-refractivity contribution in [2.75, 3.05) is 6.54 Å². The molecule has 17 heavy (non-hydrogen) atoms. The van der Waals surface area contributed by atoms with Crippen LogP contribution in [0, 0.1) is 0 Å². The highest BCUT2D eigenvalue weighted by atomic mass is 14.9. The second-order valence-corrected chi connectivity index (χ2v) is 5.13. The van der Waals surface area contributed by atoms with Gasteiger partial charge in [0.2, 0.25) is 0 Å². The third-order valence-corrected chi connectivity index (χ3v) is 3.81. The van der Waals surface area contributed by atoms with E-state index >= 15 is 0 Å². The molecule has 0 aromatic heterocycles. The number of unbranched alkanes of at least 4 members (excludes halogenated alkanes) is 1. The third-order valence-electron chi connectivity index (χ3n) is 3.81. The van der Waals surface area contributed by atoms with Gasteiger partial charge in [-0.1, -0.05) is 38.5 Å². The molecule has 0 saturated carbocycles. The zero-order chi connectivity index (χ0) is 12.1. The molecule has 1 heteroatoms. The summed E-state index contributed by atoms with van der Waals surface area (Å²) >= 11 is 0. The zero-order valence-electron chi connectivity index (χ0n) is 11.3. The van der Waals surface area contributed by atoms with Gasteiger partial charge in [-0.15, -0.1) is 0 Å². The Bertz CT molecular complexity index is 357. The smallest absolute Gasteiger partial charge is 0.0326 e. The number of hydrogen-bond acceptors (Lipinski definition) is 1. The maximum absolute atomic E-state index is 3.67. The van der Waals surface area contributed by atoms with E-state index in [0.29, 0.717) is 6.04 Å². The first-order valence-electron chi connectivity index (χ1n) is 7.20. The highest BCUT2D eigenvalue weighted by molar-refractivity contribution is 5.41. The summed E-state index contributed by atoms with van der Waals surface area (Å²) in [6, 6.07) is 7.52. The lowest BCUT2D eigenvalue weighted by atomic mass is 9.98. The van der Waals surface area contributed by atoms with Gasteiger partial charge < -0.3 is 5.32 Å². The number of rotatable bonds is 6. The molecular formula is C16H25N. The molecule has 0 fully saturated rings. The minimum Gasteiger partial charge on any atom is -0.310 e. The Labute approximate surface area is 106 Å². The summed E-state index contributed by atoms with van der Waals surface area (Å²) in [6.07, 6.45) is 7.67. The average Bonchev–Trinajstić information content (AvgIpc) is 2.77. The van der Waals surface area contributed by atoms with E-state index < -0.39 is 0 Å². The fourth-order valence-corrected chi connectivity index (χ4v) is 2.86. The first kappa shape index (κ1) is 12.6. The molecule has 1 aromatic carbocycles. The van der Waals surface area contributed by atoms with Gasteiger partial charge in [0, 0.05) is 6.04 Å². The molecule has 0 spiro atoms. The molecule has 1 aliphatic carbocycles. The number of benzene rings is 1. The van der Waals surface area contributed by atoms with Gasteiger partial charge in [0.15, 0.2) is 0 Å². The van der Waals surface area contributed by atoms with Crippen molar-refractivity contribution >= 4 is 0 Å². The average molecular weight is 231 g/mol. The van der Waals surface area contributed by atoms with Gasteiger partial charge in [0.1, 0.15) is 0 Å². The van der Waals surface area contributed by atoms with Gasteiger partial charge in [0.05, 0.1) is 0 Å². The molecule has 0 heterocycles. The Morgan fingerprint density at radius 3 is 2.88 bits per heavy atom. The minimum absolute atomic E-state index is 0.617. The Morgan fingerprint density at radius 2 is 2.12 bits per heavy atom. The molecule has 0 amide bonds. The Morgan fingerprint density at radius 1 is 1.24 bits per heavy atom. The summed E-state index contributed by atoms with van der Waals surface area (Å²) in [5.74, 6) is 0. The van der Waals surface area contributed by atoms with E-state index in [1.54, 1.807) is 16.7 Å². The minimum atomic E-state index is 0.617. The molecule has 0 radical (unpaired) electrons. The van der Waals surface area contributed by atoms with Crippen LogP contribution in [0.2, 0.25) is 0 Å². The van der Waals surface area contributed by atoms with Gasteiger partial charge in [0.25, 0.3) is 0 Å². The normalized spacial score (nSPS) is 18.4. The van der Waals surface area contributed by atoms with Gasteiger partial charge in [-0.2, -0.15) is 0 Å². The van der Waals surface area contributed by atoms with E-state index in [4.69, 9.17) is 0 Å². The molecule has 0 bridgehead atoms. The summed E-state index contributed by atoms with van der Waals surface area (Å²) in [4.78, 5) is 0. The van der Waals surface area contributed by atoms with Crippen LogP contribution < -0.4 is 5.32 Å². The van der Waals surface area contributed by atoms with Crippen molar-refractivity contribution in [1.29, 1.82) is 0 Å². The molecule has 0 saturated heterocycles. The van der Waals surface area contributed by atoms with Crippen molar-refractivity contribution < 1.29 is 0 Å². The Balaban J connectivity index is 2.11. The molecule has 1 nitrogen and oxygen atoms in total. The van der Waals surface area contributed by atoms with Crippen LogP contribution in [0.15, 0.2) is 18.2 Å². The van der Waals surface area contributed by atoms with Gasteiger partial charge in [-0.25, -0.2) is 0 Å². The summed E-state index contributed by atoms with van der Waals surface area (Å²) in [5.41, 5.74) is 4.83. The fraction of sp³-hybridized carbons (Fsp3) is 0.625. The maximum atomic E-state index is 3.67. The quantitative estimate of drug-likeness (QED) is 0.780. The van der Waals surface area contributed by atoms with Crippen LogP contribution in [-0.4, -0.2) is 6.54 Å².